The van der Waals surface area contributed by atoms with E-state index in [0.29, 0.717) is 0 Å². The molecule has 1 atom stereocenters. The van der Waals surface area contributed by atoms with Crippen LogP contribution in [0.4, 0.5) is 5.69 Å². The maximum absolute atomic E-state index is 12.2. The highest BCUT2D eigenvalue weighted by atomic mass is 35.5. The first-order valence-electron chi connectivity index (χ1n) is 6.03. The molecule has 0 aromatic carbocycles. The Morgan fingerprint density at radius 1 is 1.65 bits per heavy atom. The maximum Gasteiger partial charge on any atom is 0.288 e. The standard InChI is InChI=1S/C12H17ClN4O3/c1-7(2)12(3,6-14)16-11(18)9-4-8(17(19)20)5-15-10(9)13/h4-5,7H,6,14H2,1-3H3,(H,16,18). The van der Waals surface area contributed by atoms with Crippen LogP contribution >= 0.6 is 11.6 Å². The van der Waals surface area contributed by atoms with Crippen molar-refractivity contribution in [2.75, 3.05) is 6.54 Å². The van der Waals surface area contributed by atoms with E-state index in [2.05, 4.69) is 10.3 Å². The second kappa shape index (κ2) is 6.15. The predicted octanol–water partition coefficient (Wildman–Crippen LogP) is 1.75. The van der Waals surface area contributed by atoms with Crippen molar-refractivity contribution in [3.8, 4) is 0 Å². The summed E-state index contributed by atoms with van der Waals surface area (Å²) in [4.78, 5) is 25.9. The van der Waals surface area contributed by atoms with Crippen LogP contribution in [0, 0.1) is 16.0 Å². The highest BCUT2D eigenvalue weighted by Crippen LogP contribution is 2.21. The van der Waals surface area contributed by atoms with Gasteiger partial charge in [-0.3, -0.25) is 14.9 Å². The van der Waals surface area contributed by atoms with Gasteiger partial charge in [-0.2, -0.15) is 0 Å². The van der Waals surface area contributed by atoms with E-state index in [9.17, 15) is 14.9 Å². The van der Waals surface area contributed by atoms with Crippen LogP contribution < -0.4 is 11.1 Å². The molecule has 1 aromatic heterocycles. The summed E-state index contributed by atoms with van der Waals surface area (Å²) in [5.41, 5.74) is 4.71. The van der Waals surface area contributed by atoms with E-state index in [1.54, 1.807) is 6.92 Å². The van der Waals surface area contributed by atoms with Crippen molar-refractivity contribution >= 4 is 23.2 Å². The van der Waals surface area contributed by atoms with Gasteiger partial charge in [0.1, 0.15) is 11.3 Å². The summed E-state index contributed by atoms with van der Waals surface area (Å²) >= 11 is 5.82. The minimum absolute atomic E-state index is 0.0406. The Hall–Kier alpha value is -1.73. The fraction of sp³-hybridized carbons (Fsp3) is 0.500. The van der Waals surface area contributed by atoms with Crippen molar-refractivity contribution in [2.24, 2.45) is 11.7 Å². The SMILES string of the molecule is CC(C)C(C)(CN)NC(=O)c1cc([N+](=O)[O-])cnc1Cl. The van der Waals surface area contributed by atoms with Gasteiger partial charge in [-0.05, 0) is 12.8 Å². The summed E-state index contributed by atoms with van der Waals surface area (Å²) in [6, 6.07) is 1.10. The number of hydrogen-bond donors (Lipinski definition) is 2. The molecule has 0 bridgehead atoms. The molecular weight excluding hydrogens is 284 g/mol. The summed E-state index contributed by atoms with van der Waals surface area (Å²) in [6.07, 6.45) is 1.00. The maximum atomic E-state index is 12.2. The molecule has 0 aliphatic carbocycles. The average Bonchev–Trinajstić information content (AvgIpc) is 2.38. The molecule has 1 amide bonds. The number of rotatable bonds is 5. The van der Waals surface area contributed by atoms with Gasteiger partial charge in [0.15, 0.2) is 0 Å². The van der Waals surface area contributed by atoms with Gasteiger partial charge in [0.2, 0.25) is 0 Å². The first-order valence-corrected chi connectivity index (χ1v) is 6.41. The first-order chi connectivity index (χ1) is 9.21. The Morgan fingerprint density at radius 3 is 2.70 bits per heavy atom. The Balaban J connectivity index is 3.09. The normalized spacial score (nSPS) is 13.9. The minimum Gasteiger partial charge on any atom is -0.345 e. The molecule has 0 saturated heterocycles. The number of nitrogens with two attached hydrogens (primary N) is 1. The Morgan fingerprint density at radius 2 is 2.25 bits per heavy atom. The number of nitrogens with zero attached hydrogens (tertiary/aromatic N) is 2. The number of hydrogen-bond acceptors (Lipinski definition) is 5. The summed E-state index contributed by atoms with van der Waals surface area (Å²) in [5, 5.41) is 13.4. The van der Waals surface area contributed by atoms with Gasteiger partial charge in [-0.1, -0.05) is 25.4 Å². The lowest BCUT2D eigenvalue weighted by molar-refractivity contribution is -0.385. The second-order valence-corrected chi connectivity index (χ2v) is 5.38. The lowest BCUT2D eigenvalue weighted by Crippen LogP contribution is -2.55. The van der Waals surface area contributed by atoms with Crippen molar-refractivity contribution in [3.63, 3.8) is 0 Å². The molecule has 110 valence electrons. The zero-order chi connectivity index (χ0) is 15.5. The van der Waals surface area contributed by atoms with E-state index >= 15 is 0 Å². The van der Waals surface area contributed by atoms with E-state index in [0.717, 1.165) is 12.3 Å². The van der Waals surface area contributed by atoms with E-state index in [1.807, 2.05) is 13.8 Å². The molecule has 0 radical (unpaired) electrons. The van der Waals surface area contributed by atoms with E-state index in [1.165, 1.54) is 0 Å². The number of pyridine rings is 1. The lowest BCUT2D eigenvalue weighted by Gasteiger charge is -2.33. The van der Waals surface area contributed by atoms with Crippen LogP contribution in [0.3, 0.4) is 0 Å². The third kappa shape index (κ3) is 3.43. The van der Waals surface area contributed by atoms with Crippen LogP contribution in [0.5, 0.6) is 0 Å². The van der Waals surface area contributed by atoms with Gasteiger partial charge < -0.3 is 11.1 Å². The van der Waals surface area contributed by atoms with E-state index < -0.39 is 16.4 Å². The summed E-state index contributed by atoms with van der Waals surface area (Å²) in [7, 11) is 0. The van der Waals surface area contributed by atoms with Gasteiger partial charge in [0.25, 0.3) is 11.6 Å². The third-order valence-electron chi connectivity index (χ3n) is 3.38. The molecule has 0 saturated carbocycles. The van der Waals surface area contributed by atoms with Gasteiger partial charge in [0.05, 0.1) is 16.0 Å². The summed E-state index contributed by atoms with van der Waals surface area (Å²) in [5.74, 6) is -0.449. The summed E-state index contributed by atoms with van der Waals surface area (Å²) in [6.45, 7) is 5.87. The lowest BCUT2D eigenvalue weighted by atomic mass is 9.88. The summed E-state index contributed by atoms with van der Waals surface area (Å²) < 4.78 is 0. The first kappa shape index (κ1) is 16.3. The molecule has 1 rings (SSSR count). The molecule has 0 fully saturated rings. The van der Waals surface area contributed by atoms with Crippen molar-refractivity contribution < 1.29 is 9.72 Å². The number of nitrogens with one attached hydrogen (secondary N) is 1. The predicted molar refractivity (Wildman–Crippen MR) is 75.7 cm³/mol. The van der Waals surface area contributed by atoms with Gasteiger partial charge in [-0.15, -0.1) is 0 Å². The third-order valence-corrected chi connectivity index (χ3v) is 3.68. The van der Waals surface area contributed by atoms with Crippen LogP contribution in [0.2, 0.25) is 5.15 Å². The van der Waals surface area contributed by atoms with E-state index in [-0.39, 0.29) is 28.9 Å². The van der Waals surface area contributed by atoms with E-state index in [4.69, 9.17) is 17.3 Å². The molecular formula is C12H17ClN4O3. The fourth-order valence-electron chi connectivity index (χ4n) is 1.45. The van der Waals surface area contributed by atoms with Crippen molar-refractivity contribution in [3.05, 3.63) is 33.1 Å². The van der Waals surface area contributed by atoms with Crippen molar-refractivity contribution in [2.45, 2.75) is 26.3 Å². The molecule has 7 nitrogen and oxygen atoms in total. The number of amides is 1. The van der Waals surface area contributed by atoms with Crippen LogP contribution in [0.25, 0.3) is 0 Å². The quantitative estimate of drug-likeness (QED) is 0.489. The van der Waals surface area contributed by atoms with Crippen LogP contribution in [0.1, 0.15) is 31.1 Å². The van der Waals surface area contributed by atoms with Crippen LogP contribution in [0.15, 0.2) is 12.3 Å². The van der Waals surface area contributed by atoms with Crippen molar-refractivity contribution in [1.29, 1.82) is 0 Å². The van der Waals surface area contributed by atoms with Crippen LogP contribution in [-0.4, -0.2) is 27.9 Å². The Kier molecular flexibility index (Phi) is 5.02. The molecule has 1 heterocycles. The minimum atomic E-state index is -0.634. The molecule has 0 aliphatic heterocycles. The monoisotopic (exact) mass is 300 g/mol. The average molecular weight is 301 g/mol. The Bertz CT molecular complexity index is 535. The van der Waals surface area contributed by atoms with Gasteiger partial charge in [0, 0.05) is 12.6 Å². The second-order valence-electron chi connectivity index (χ2n) is 5.02. The Labute approximate surface area is 121 Å². The number of carbonyl (C=O) groups excluding carboxylic acids is 1. The zero-order valence-electron chi connectivity index (χ0n) is 11.5. The van der Waals surface area contributed by atoms with Gasteiger partial charge >= 0.3 is 0 Å². The molecule has 1 unspecified atom stereocenters. The molecule has 0 spiro atoms. The van der Waals surface area contributed by atoms with Crippen LogP contribution in [-0.2, 0) is 0 Å². The highest BCUT2D eigenvalue weighted by Gasteiger charge is 2.30. The molecule has 1 aromatic rings. The molecule has 3 N–H and O–H groups in total. The zero-order valence-corrected chi connectivity index (χ0v) is 12.3. The molecule has 8 heteroatoms. The number of nitro groups is 1. The smallest absolute Gasteiger partial charge is 0.288 e. The van der Waals surface area contributed by atoms with Crippen molar-refractivity contribution in [1.82, 2.24) is 10.3 Å². The topological polar surface area (TPSA) is 111 Å². The fourth-order valence-corrected chi connectivity index (χ4v) is 1.64. The number of halogens is 1. The largest absolute Gasteiger partial charge is 0.345 e. The highest BCUT2D eigenvalue weighted by molar-refractivity contribution is 6.32. The molecule has 0 aliphatic rings. The molecule has 20 heavy (non-hydrogen) atoms. The number of carbonyl (C=O) groups is 1. The van der Waals surface area contributed by atoms with Gasteiger partial charge in [-0.25, -0.2) is 4.98 Å². The number of aromatic nitrogens is 1.